The van der Waals surface area contributed by atoms with E-state index in [0.29, 0.717) is 6.61 Å². The molecule has 0 aliphatic carbocycles. The van der Waals surface area contributed by atoms with Crippen LogP contribution in [0.4, 0.5) is 0 Å². The van der Waals surface area contributed by atoms with Crippen molar-refractivity contribution in [2.75, 3.05) is 26.0 Å². The van der Waals surface area contributed by atoms with Crippen LogP contribution in [0.25, 0.3) is 0 Å². The van der Waals surface area contributed by atoms with E-state index in [0.717, 1.165) is 6.04 Å². The first-order valence-corrected chi connectivity index (χ1v) is 16.1. The highest BCUT2D eigenvalue weighted by Gasteiger charge is 2.34. The minimum Gasteiger partial charge on any atom is -0.466 e. The molecule has 1 atom stereocenters. The van der Waals surface area contributed by atoms with Gasteiger partial charge in [-0.05, 0) is 33.2 Å². The van der Waals surface area contributed by atoms with Crippen molar-refractivity contribution < 1.29 is 41.5 Å². The summed E-state index contributed by atoms with van der Waals surface area (Å²) in [7, 11) is -4.92. The van der Waals surface area contributed by atoms with Crippen LogP contribution in [0, 0.1) is 12.8 Å². The standard InChI is InChI=1S/C20H35O10PSi/c1-7-27-31(24,28-8-2)14-16(9-10-18(21)25-11-12-32(4,5)6)19(22)26-13-17-15(3)29-20(23)30-17/h16H,7-14H2,1-6H3. The molecule has 0 aliphatic rings. The minimum atomic E-state index is -3.57. The molecule has 0 N–H and O–H groups in total. The maximum atomic E-state index is 12.9. The van der Waals surface area contributed by atoms with Gasteiger partial charge in [0.25, 0.3) is 0 Å². The predicted octanol–water partition coefficient (Wildman–Crippen LogP) is 4.13. The normalized spacial score (nSPS) is 13.1. The second-order valence-corrected chi connectivity index (χ2v) is 16.2. The van der Waals surface area contributed by atoms with E-state index in [1.54, 1.807) is 13.8 Å². The first-order valence-electron chi connectivity index (χ1n) is 10.7. The molecule has 32 heavy (non-hydrogen) atoms. The maximum Gasteiger partial charge on any atom is 0.519 e. The van der Waals surface area contributed by atoms with E-state index in [1.807, 2.05) is 0 Å². The van der Waals surface area contributed by atoms with Crippen LogP contribution in [0.3, 0.4) is 0 Å². The van der Waals surface area contributed by atoms with Crippen molar-refractivity contribution in [1.29, 1.82) is 0 Å². The molecule has 10 nitrogen and oxygen atoms in total. The Kier molecular flexibility index (Phi) is 11.6. The van der Waals surface area contributed by atoms with Crippen LogP contribution in [-0.2, 0) is 39.3 Å². The summed E-state index contributed by atoms with van der Waals surface area (Å²) in [5.74, 6) is -2.74. The van der Waals surface area contributed by atoms with Crippen molar-refractivity contribution >= 4 is 27.6 Å². The number of ether oxygens (including phenoxy) is 2. The van der Waals surface area contributed by atoms with Gasteiger partial charge in [0.1, 0.15) is 0 Å². The molecule has 0 aromatic carbocycles. The van der Waals surface area contributed by atoms with Crippen LogP contribution >= 0.6 is 7.60 Å². The Bertz CT molecular complexity index is 828. The summed E-state index contributed by atoms with van der Waals surface area (Å²) in [6.07, 6.45) is -0.253. The molecule has 0 radical (unpaired) electrons. The molecule has 0 saturated carbocycles. The van der Waals surface area contributed by atoms with Gasteiger partial charge in [-0.15, -0.1) is 0 Å². The molecule has 0 spiro atoms. The van der Waals surface area contributed by atoms with Gasteiger partial charge in [-0.25, -0.2) is 4.79 Å². The highest BCUT2D eigenvalue weighted by molar-refractivity contribution is 7.53. The number of rotatable bonds is 15. The lowest BCUT2D eigenvalue weighted by Gasteiger charge is -2.22. The molecule has 0 bridgehead atoms. The maximum absolute atomic E-state index is 12.9. The van der Waals surface area contributed by atoms with Gasteiger partial charge in [0.2, 0.25) is 0 Å². The molecule has 0 fully saturated rings. The van der Waals surface area contributed by atoms with Crippen molar-refractivity contribution in [3.05, 3.63) is 22.1 Å². The van der Waals surface area contributed by atoms with Gasteiger partial charge in [0.15, 0.2) is 18.1 Å². The molecular weight excluding hydrogens is 459 g/mol. The Morgan fingerprint density at radius 2 is 1.69 bits per heavy atom. The van der Waals surface area contributed by atoms with Crippen molar-refractivity contribution in [2.24, 2.45) is 5.92 Å². The van der Waals surface area contributed by atoms with Gasteiger partial charge in [0, 0.05) is 14.5 Å². The summed E-state index contributed by atoms with van der Waals surface area (Å²) in [5, 5.41) is 0. The topological polar surface area (TPSA) is 131 Å². The Labute approximate surface area is 189 Å². The summed E-state index contributed by atoms with van der Waals surface area (Å²) >= 11 is 0. The van der Waals surface area contributed by atoms with Crippen molar-refractivity contribution in [3.63, 3.8) is 0 Å². The summed E-state index contributed by atoms with van der Waals surface area (Å²) in [6, 6.07) is 0.837. The third-order valence-electron chi connectivity index (χ3n) is 4.42. The van der Waals surface area contributed by atoms with E-state index in [4.69, 9.17) is 27.4 Å². The lowest BCUT2D eigenvalue weighted by Crippen LogP contribution is -2.25. The van der Waals surface area contributed by atoms with Gasteiger partial charge < -0.3 is 27.4 Å². The van der Waals surface area contributed by atoms with Gasteiger partial charge in [0.05, 0.1) is 31.9 Å². The first-order chi connectivity index (χ1) is 14.9. The average molecular weight is 495 g/mol. The number of esters is 2. The van der Waals surface area contributed by atoms with E-state index in [9.17, 15) is 18.9 Å². The molecule has 1 heterocycles. The van der Waals surface area contributed by atoms with Crippen LogP contribution in [0.15, 0.2) is 13.6 Å². The molecule has 12 heteroatoms. The van der Waals surface area contributed by atoms with Crippen LogP contribution in [0.1, 0.15) is 38.2 Å². The van der Waals surface area contributed by atoms with Gasteiger partial charge in [-0.1, -0.05) is 19.6 Å². The molecule has 0 amide bonds. The lowest BCUT2D eigenvalue weighted by molar-refractivity contribution is -0.150. The van der Waals surface area contributed by atoms with E-state index >= 15 is 0 Å². The van der Waals surface area contributed by atoms with Crippen LogP contribution in [0.2, 0.25) is 25.7 Å². The summed E-state index contributed by atoms with van der Waals surface area (Å²) in [4.78, 5) is 36.0. The zero-order chi connectivity index (χ0) is 24.4. The molecule has 1 aromatic heterocycles. The summed E-state index contributed by atoms with van der Waals surface area (Å²) in [6.45, 7) is 11.6. The quantitative estimate of drug-likeness (QED) is 0.199. The third-order valence-corrected chi connectivity index (χ3v) is 8.32. The van der Waals surface area contributed by atoms with Crippen LogP contribution < -0.4 is 5.82 Å². The van der Waals surface area contributed by atoms with E-state index in [2.05, 4.69) is 19.6 Å². The molecule has 1 aromatic rings. The number of carbonyl (C=O) groups excluding carboxylic acids is 2. The zero-order valence-electron chi connectivity index (χ0n) is 19.8. The van der Waals surface area contributed by atoms with E-state index in [-0.39, 0.29) is 50.3 Å². The average Bonchev–Trinajstić information content (AvgIpc) is 2.99. The smallest absolute Gasteiger partial charge is 0.466 e. The van der Waals surface area contributed by atoms with Crippen molar-refractivity contribution in [2.45, 2.75) is 65.9 Å². The monoisotopic (exact) mass is 494 g/mol. The zero-order valence-corrected chi connectivity index (χ0v) is 21.7. The third kappa shape index (κ3) is 10.8. The van der Waals surface area contributed by atoms with E-state index in [1.165, 1.54) is 6.92 Å². The number of carbonyl (C=O) groups is 2. The first kappa shape index (κ1) is 28.3. The second kappa shape index (κ2) is 13.1. The Morgan fingerprint density at radius 1 is 1.06 bits per heavy atom. The largest absolute Gasteiger partial charge is 0.519 e. The van der Waals surface area contributed by atoms with E-state index < -0.39 is 39.3 Å². The molecule has 0 saturated heterocycles. The molecular formula is C20H35O10PSi. The lowest BCUT2D eigenvalue weighted by atomic mass is 10.1. The fourth-order valence-corrected chi connectivity index (χ4v) is 5.34. The van der Waals surface area contributed by atoms with Crippen LogP contribution in [-0.4, -0.2) is 46.0 Å². The Hall–Kier alpha value is -1.68. The van der Waals surface area contributed by atoms with Gasteiger partial charge in [-0.3, -0.25) is 14.2 Å². The Balaban J connectivity index is 2.81. The molecule has 1 unspecified atom stereocenters. The highest BCUT2D eigenvalue weighted by Crippen LogP contribution is 2.50. The highest BCUT2D eigenvalue weighted by atomic mass is 31.2. The van der Waals surface area contributed by atoms with Gasteiger partial charge >= 0.3 is 25.4 Å². The summed E-state index contributed by atoms with van der Waals surface area (Å²) < 4.78 is 43.6. The number of hydrogen-bond acceptors (Lipinski definition) is 10. The van der Waals surface area contributed by atoms with Crippen LogP contribution in [0.5, 0.6) is 0 Å². The second-order valence-electron chi connectivity index (χ2n) is 8.44. The number of hydrogen-bond donors (Lipinski definition) is 0. The molecule has 184 valence electrons. The predicted molar refractivity (Wildman–Crippen MR) is 119 cm³/mol. The number of aryl methyl sites for hydroxylation is 1. The fraction of sp³-hybridized carbons (Fsp3) is 0.750. The Morgan fingerprint density at radius 3 is 2.19 bits per heavy atom. The minimum absolute atomic E-state index is 0.0447. The van der Waals surface area contributed by atoms with Crippen molar-refractivity contribution in [1.82, 2.24) is 0 Å². The SMILES string of the molecule is CCOP(=O)(CC(CCC(=O)OCC[Si](C)(C)C)C(=O)OCc1oc(=O)oc1C)OCC. The van der Waals surface area contributed by atoms with Crippen molar-refractivity contribution in [3.8, 4) is 0 Å². The van der Waals surface area contributed by atoms with Gasteiger partial charge in [-0.2, -0.15) is 0 Å². The summed E-state index contributed by atoms with van der Waals surface area (Å²) in [5.41, 5.74) is 0. The molecule has 1 rings (SSSR count). The fourth-order valence-electron chi connectivity index (χ4n) is 2.69. The molecule has 0 aliphatic heterocycles.